The lowest BCUT2D eigenvalue weighted by Gasteiger charge is -2.23. The van der Waals surface area contributed by atoms with E-state index in [2.05, 4.69) is 32.4 Å². The third kappa shape index (κ3) is 2.74. The molecule has 0 spiro atoms. The molecule has 0 bridgehead atoms. The van der Waals surface area contributed by atoms with E-state index in [0.29, 0.717) is 11.3 Å². The number of aromatic nitrogens is 3. The number of amides is 1. The average Bonchev–Trinajstić information content (AvgIpc) is 3.00. The van der Waals surface area contributed by atoms with Crippen LogP contribution in [0.3, 0.4) is 0 Å². The van der Waals surface area contributed by atoms with Gasteiger partial charge >= 0.3 is 0 Å². The van der Waals surface area contributed by atoms with E-state index in [0.717, 1.165) is 24.2 Å². The molecule has 4 rings (SSSR count). The van der Waals surface area contributed by atoms with Crippen LogP contribution >= 0.6 is 0 Å². The van der Waals surface area contributed by atoms with Crippen LogP contribution in [0, 0.1) is 0 Å². The first-order chi connectivity index (χ1) is 11.7. The quantitative estimate of drug-likeness (QED) is 0.687. The third-order valence-electron chi connectivity index (χ3n) is 4.20. The highest BCUT2D eigenvalue weighted by molar-refractivity contribution is 5.98. The fourth-order valence-corrected chi connectivity index (χ4v) is 3.11. The van der Waals surface area contributed by atoms with Crippen LogP contribution in [0.2, 0.25) is 0 Å². The second-order valence-electron chi connectivity index (χ2n) is 5.94. The highest BCUT2D eigenvalue weighted by atomic mass is 16.1. The van der Waals surface area contributed by atoms with Gasteiger partial charge in [-0.25, -0.2) is 9.97 Å². The molecule has 3 heterocycles. The minimum Gasteiger partial charge on any atom is -0.368 e. The van der Waals surface area contributed by atoms with E-state index in [1.54, 1.807) is 12.3 Å². The molecule has 1 atom stereocenters. The number of hydrogen-bond acceptors (Lipinski definition) is 4. The van der Waals surface area contributed by atoms with Gasteiger partial charge in [-0.2, -0.15) is 0 Å². The van der Waals surface area contributed by atoms with E-state index in [9.17, 15) is 4.79 Å². The number of nitrogens with zero attached hydrogens (tertiary/aromatic N) is 2. The first-order valence-corrected chi connectivity index (χ1v) is 7.84. The third-order valence-corrected chi connectivity index (χ3v) is 4.20. The second-order valence-corrected chi connectivity index (χ2v) is 5.94. The SMILES string of the molecule is Nc1nccc(-c2cc3c([nH]2)CC(Cc2ccccc2)NC3=O)n1. The lowest BCUT2D eigenvalue weighted by molar-refractivity contribution is 0.0925. The Morgan fingerprint density at radius 2 is 2.04 bits per heavy atom. The largest absolute Gasteiger partial charge is 0.368 e. The maximum Gasteiger partial charge on any atom is 0.253 e. The molecular formula is C18H17N5O. The zero-order valence-corrected chi connectivity index (χ0v) is 13.0. The van der Waals surface area contributed by atoms with Gasteiger partial charge in [-0.15, -0.1) is 0 Å². The van der Waals surface area contributed by atoms with E-state index in [1.165, 1.54) is 5.56 Å². The lowest BCUT2D eigenvalue weighted by atomic mass is 9.96. The summed E-state index contributed by atoms with van der Waals surface area (Å²) < 4.78 is 0. The smallest absolute Gasteiger partial charge is 0.253 e. The number of carbonyl (C=O) groups is 1. The van der Waals surface area contributed by atoms with E-state index in [-0.39, 0.29) is 17.9 Å². The van der Waals surface area contributed by atoms with Crippen LogP contribution in [0.25, 0.3) is 11.4 Å². The normalized spacial score (nSPS) is 16.5. The van der Waals surface area contributed by atoms with Crippen molar-refractivity contribution in [3.05, 3.63) is 65.5 Å². The number of nitrogens with two attached hydrogens (primary N) is 1. The number of anilines is 1. The molecule has 24 heavy (non-hydrogen) atoms. The molecule has 6 nitrogen and oxygen atoms in total. The van der Waals surface area contributed by atoms with Crippen molar-refractivity contribution in [2.24, 2.45) is 0 Å². The molecule has 0 fully saturated rings. The van der Waals surface area contributed by atoms with Gasteiger partial charge in [0.15, 0.2) is 0 Å². The molecule has 2 aromatic heterocycles. The number of carbonyl (C=O) groups excluding carboxylic acids is 1. The predicted molar refractivity (Wildman–Crippen MR) is 91.3 cm³/mol. The number of aromatic amines is 1. The molecule has 1 aliphatic rings. The molecule has 1 amide bonds. The summed E-state index contributed by atoms with van der Waals surface area (Å²) in [5.41, 5.74) is 9.92. The molecule has 0 radical (unpaired) electrons. The summed E-state index contributed by atoms with van der Waals surface area (Å²) in [6.07, 6.45) is 3.17. The lowest BCUT2D eigenvalue weighted by Crippen LogP contribution is -2.42. The zero-order valence-electron chi connectivity index (χ0n) is 13.0. The van der Waals surface area contributed by atoms with Gasteiger partial charge in [0.25, 0.3) is 5.91 Å². The maximum absolute atomic E-state index is 12.4. The van der Waals surface area contributed by atoms with Crippen LogP contribution in [0.5, 0.6) is 0 Å². The van der Waals surface area contributed by atoms with Crippen LogP contribution in [0.1, 0.15) is 21.6 Å². The molecule has 4 N–H and O–H groups in total. The topological polar surface area (TPSA) is 96.7 Å². The zero-order chi connectivity index (χ0) is 16.5. The van der Waals surface area contributed by atoms with Crippen LogP contribution in [-0.4, -0.2) is 26.9 Å². The Bertz CT molecular complexity index is 887. The van der Waals surface area contributed by atoms with Crippen LogP contribution in [0.4, 0.5) is 5.95 Å². The summed E-state index contributed by atoms with van der Waals surface area (Å²) in [7, 11) is 0. The summed E-state index contributed by atoms with van der Waals surface area (Å²) in [5.74, 6) is 0.160. The second kappa shape index (κ2) is 5.81. The standard InChI is InChI=1S/C18H17N5O/c19-18-20-7-6-14(23-18)16-10-13-15(22-16)9-12(21-17(13)24)8-11-4-2-1-3-5-11/h1-7,10,12,22H,8-9H2,(H,21,24)(H2,19,20,23). The Balaban J connectivity index is 1.60. The fraction of sp³-hybridized carbons (Fsp3) is 0.167. The summed E-state index contributed by atoms with van der Waals surface area (Å²) in [6, 6.07) is 13.8. The monoisotopic (exact) mass is 319 g/mol. The van der Waals surface area contributed by atoms with E-state index >= 15 is 0 Å². The van der Waals surface area contributed by atoms with Crippen LogP contribution in [-0.2, 0) is 12.8 Å². The number of nitrogens with one attached hydrogen (secondary N) is 2. The van der Waals surface area contributed by atoms with Gasteiger partial charge in [0.1, 0.15) is 0 Å². The van der Waals surface area contributed by atoms with Gasteiger partial charge in [0.05, 0.1) is 17.0 Å². The molecule has 120 valence electrons. The summed E-state index contributed by atoms with van der Waals surface area (Å²) >= 11 is 0. The van der Waals surface area contributed by atoms with Crippen molar-refractivity contribution in [1.29, 1.82) is 0 Å². The number of H-pyrrole nitrogens is 1. The fourth-order valence-electron chi connectivity index (χ4n) is 3.11. The number of rotatable bonds is 3. The highest BCUT2D eigenvalue weighted by Gasteiger charge is 2.27. The number of nitrogen functional groups attached to an aromatic ring is 1. The summed E-state index contributed by atoms with van der Waals surface area (Å²) in [5, 5.41) is 3.08. The molecule has 1 aromatic carbocycles. The first-order valence-electron chi connectivity index (χ1n) is 7.84. The molecule has 1 unspecified atom stereocenters. The molecule has 0 saturated heterocycles. The Kier molecular flexibility index (Phi) is 3.49. The number of fused-ring (bicyclic) bond motifs is 1. The van der Waals surface area contributed by atoms with E-state index < -0.39 is 0 Å². The Morgan fingerprint density at radius 1 is 1.21 bits per heavy atom. The molecule has 6 heteroatoms. The Labute approximate surface area is 139 Å². The average molecular weight is 319 g/mol. The van der Waals surface area contributed by atoms with Crippen molar-refractivity contribution >= 4 is 11.9 Å². The predicted octanol–water partition coefficient (Wildman–Crippen LogP) is 1.95. The first kappa shape index (κ1) is 14.4. The van der Waals surface area contributed by atoms with E-state index in [1.807, 2.05) is 24.3 Å². The van der Waals surface area contributed by atoms with Crippen molar-refractivity contribution in [3.8, 4) is 11.4 Å². The molecule has 0 aliphatic carbocycles. The van der Waals surface area contributed by atoms with Crippen molar-refractivity contribution in [2.45, 2.75) is 18.9 Å². The van der Waals surface area contributed by atoms with E-state index in [4.69, 9.17) is 5.73 Å². The Hall–Kier alpha value is -3.15. The van der Waals surface area contributed by atoms with Crippen molar-refractivity contribution in [2.75, 3.05) is 5.73 Å². The minimum atomic E-state index is -0.0540. The highest BCUT2D eigenvalue weighted by Crippen LogP contribution is 2.25. The van der Waals surface area contributed by atoms with Gasteiger partial charge in [-0.1, -0.05) is 30.3 Å². The Morgan fingerprint density at radius 3 is 2.83 bits per heavy atom. The number of hydrogen-bond donors (Lipinski definition) is 3. The summed E-state index contributed by atoms with van der Waals surface area (Å²) in [6.45, 7) is 0. The van der Waals surface area contributed by atoms with Crippen molar-refractivity contribution in [3.63, 3.8) is 0 Å². The van der Waals surface area contributed by atoms with Gasteiger partial charge < -0.3 is 16.0 Å². The molecule has 1 aliphatic heterocycles. The van der Waals surface area contributed by atoms with Gasteiger partial charge in [0.2, 0.25) is 5.95 Å². The van der Waals surface area contributed by atoms with Gasteiger partial charge in [-0.05, 0) is 24.1 Å². The van der Waals surface area contributed by atoms with Gasteiger partial charge in [0, 0.05) is 24.4 Å². The number of benzene rings is 1. The van der Waals surface area contributed by atoms with Crippen molar-refractivity contribution < 1.29 is 4.79 Å². The molecule has 0 saturated carbocycles. The summed E-state index contributed by atoms with van der Waals surface area (Å²) in [4.78, 5) is 23.8. The molecular weight excluding hydrogens is 302 g/mol. The van der Waals surface area contributed by atoms with Crippen molar-refractivity contribution in [1.82, 2.24) is 20.3 Å². The maximum atomic E-state index is 12.4. The molecule has 3 aromatic rings. The van der Waals surface area contributed by atoms with Gasteiger partial charge in [-0.3, -0.25) is 4.79 Å². The van der Waals surface area contributed by atoms with Crippen LogP contribution in [0.15, 0.2) is 48.7 Å². The van der Waals surface area contributed by atoms with Crippen LogP contribution < -0.4 is 11.1 Å². The minimum absolute atomic E-state index is 0.0540.